The second-order valence-corrected chi connectivity index (χ2v) is 3.53. The molecule has 3 nitrogen and oxygen atoms in total. The van der Waals surface area contributed by atoms with Gasteiger partial charge in [-0.05, 0) is 19.9 Å². The van der Waals surface area contributed by atoms with E-state index in [4.69, 9.17) is 0 Å². The Morgan fingerprint density at radius 3 is 2.60 bits per heavy atom. The Morgan fingerprint density at radius 1 is 1.33 bits per heavy atom. The standard InChI is InChI=1S/C11H12FN3/c1-7-11(8(2)15(3)14-7)10-6-9(12)4-5-13-10/h4-6H,1-3H3. The van der Waals surface area contributed by atoms with Crippen molar-refractivity contribution in [1.82, 2.24) is 14.8 Å². The van der Waals surface area contributed by atoms with Gasteiger partial charge in [0.2, 0.25) is 0 Å². The van der Waals surface area contributed by atoms with Crippen molar-refractivity contribution in [3.8, 4) is 11.3 Å². The normalized spacial score (nSPS) is 10.7. The zero-order valence-electron chi connectivity index (χ0n) is 8.95. The quantitative estimate of drug-likeness (QED) is 0.714. The van der Waals surface area contributed by atoms with Crippen LogP contribution in [0, 0.1) is 19.7 Å². The number of nitrogens with zero attached hydrogens (tertiary/aromatic N) is 3. The van der Waals surface area contributed by atoms with Gasteiger partial charge in [-0.3, -0.25) is 9.67 Å². The maximum Gasteiger partial charge on any atom is 0.126 e. The van der Waals surface area contributed by atoms with Crippen molar-refractivity contribution >= 4 is 0 Å². The van der Waals surface area contributed by atoms with Gasteiger partial charge in [-0.2, -0.15) is 5.10 Å². The molecular weight excluding hydrogens is 193 g/mol. The van der Waals surface area contributed by atoms with E-state index < -0.39 is 0 Å². The summed E-state index contributed by atoms with van der Waals surface area (Å²) >= 11 is 0. The average Bonchev–Trinajstić information content (AvgIpc) is 2.41. The molecule has 0 fully saturated rings. The smallest absolute Gasteiger partial charge is 0.126 e. The van der Waals surface area contributed by atoms with Crippen LogP contribution in [0.2, 0.25) is 0 Å². The molecule has 0 radical (unpaired) electrons. The third-order valence-corrected chi connectivity index (χ3v) is 2.49. The van der Waals surface area contributed by atoms with Gasteiger partial charge in [-0.25, -0.2) is 4.39 Å². The van der Waals surface area contributed by atoms with Crippen LogP contribution in [0.1, 0.15) is 11.4 Å². The fraction of sp³-hybridized carbons (Fsp3) is 0.273. The van der Waals surface area contributed by atoms with Crippen molar-refractivity contribution in [2.24, 2.45) is 7.05 Å². The van der Waals surface area contributed by atoms with Crippen LogP contribution in [-0.2, 0) is 7.05 Å². The van der Waals surface area contributed by atoms with Crippen LogP contribution in [0.25, 0.3) is 11.3 Å². The molecule has 0 aromatic carbocycles. The lowest BCUT2D eigenvalue weighted by molar-refractivity contribution is 0.626. The molecule has 2 rings (SSSR count). The van der Waals surface area contributed by atoms with Gasteiger partial charge >= 0.3 is 0 Å². The van der Waals surface area contributed by atoms with E-state index in [2.05, 4.69) is 10.1 Å². The first-order chi connectivity index (χ1) is 7.09. The number of pyridine rings is 1. The molecule has 0 aliphatic carbocycles. The van der Waals surface area contributed by atoms with Crippen molar-refractivity contribution in [3.63, 3.8) is 0 Å². The third-order valence-electron chi connectivity index (χ3n) is 2.49. The molecule has 2 heterocycles. The van der Waals surface area contributed by atoms with Crippen molar-refractivity contribution in [3.05, 3.63) is 35.5 Å². The number of aromatic nitrogens is 3. The van der Waals surface area contributed by atoms with Gasteiger partial charge in [0, 0.05) is 30.6 Å². The molecule has 4 heteroatoms. The van der Waals surface area contributed by atoms with Gasteiger partial charge in [0.25, 0.3) is 0 Å². The molecule has 0 unspecified atom stereocenters. The molecule has 2 aromatic rings. The molecule has 0 bridgehead atoms. The summed E-state index contributed by atoms with van der Waals surface area (Å²) in [5.41, 5.74) is 3.41. The highest BCUT2D eigenvalue weighted by molar-refractivity contribution is 5.64. The number of halogens is 1. The molecule has 0 atom stereocenters. The molecule has 15 heavy (non-hydrogen) atoms. The lowest BCUT2D eigenvalue weighted by atomic mass is 10.1. The summed E-state index contributed by atoms with van der Waals surface area (Å²) in [5.74, 6) is -0.275. The Hall–Kier alpha value is -1.71. The lowest BCUT2D eigenvalue weighted by Gasteiger charge is -2.00. The van der Waals surface area contributed by atoms with E-state index in [-0.39, 0.29) is 5.82 Å². The van der Waals surface area contributed by atoms with Gasteiger partial charge in [-0.15, -0.1) is 0 Å². The van der Waals surface area contributed by atoms with Gasteiger partial charge in [-0.1, -0.05) is 0 Å². The Kier molecular flexibility index (Phi) is 2.26. The highest BCUT2D eigenvalue weighted by Crippen LogP contribution is 2.24. The summed E-state index contributed by atoms with van der Waals surface area (Å²) in [6, 6.07) is 2.77. The van der Waals surface area contributed by atoms with Gasteiger partial charge in [0.05, 0.1) is 11.4 Å². The average molecular weight is 205 g/mol. The maximum absolute atomic E-state index is 13.1. The lowest BCUT2D eigenvalue weighted by Crippen LogP contribution is -1.93. The van der Waals surface area contributed by atoms with E-state index in [0.29, 0.717) is 5.69 Å². The molecule has 2 aromatic heterocycles. The fourth-order valence-corrected chi connectivity index (χ4v) is 1.69. The van der Waals surface area contributed by atoms with E-state index >= 15 is 0 Å². The molecule has 78 valence electrons. The van der Waals surface area contributed by atoms with E-state index in [1.807, 2.05) is 20.9 Å². The number of hydrogen-bond acceptors (Lipinski definition) is 2. The van der Waals surface area contributed by atoms with Crippen LogP contribution in [-0.4, -0.2) is 14.8 Å². The van der Waals surface area contributed by atoms with E-state index in [1.54, 1.807) is 4.68 Å². The summed E-state index contributed by atoms with van der Waals surface area (Å²) in [6.45, 7) is 3.84. The topological polar surface area (TPSA) is 30.7 Å². The fourth-order valence-electron chi connectivity index (χ4n) is 1.69. The Bertz CT molecular complexity index is 503. The van der Waals surface area contributed by atoms with Gasteiger partial charge < -0.3 is 0 Å². The van der Waals surface area contributed by atoms with Gasteiger partial charge in [0.1, 0.15) is 5.82 Å². The minimum absolute atomic E-state index is 0.275. The first-order valence-electron chi connectivity index (χ1n) is 4.71. The maximum atomic E-state index is 13.1. The summed E-state index contributed by atoms with van der Waals surface area (Å²) in [7, 11) is 1.87. The highest BCUT2D eigenvalue weighted by atomic mass is 19.1. The number of aryl methyl sites for hydroxylation is 2. The predicted octanol–water partition coefficient (Wildman–Crippen LogP) is 2.24. The van der Waals surface area contributed by atoms with Crippen molar-refractivity contribution in [1.29, 1.82) is 0 Å². The first kappa shape index (κ1) is 9.83. The van der Waals surface area contributed by atoms with Crippen molar-refractivity contribution < 1.29 is 4.39 Å². The molecule has 0 aliphatic rings. The van der Waals surface area contributed by atoms with Crippen molar-refractivity contribution in [2.45, 2.75) is 13.8 Å². The first-order valence-corrected chi connectivity index (χ1v) is 4.71. The molecule has 0 aliphatic heterocycles. The van der Waals surface area contributed by atoms with Crippen LogP contribution in [0.5, 0.6) is 0 Å². The SMILES string of the molecule is Cc1nn(C)c(C)c1-c1cc(F)ccn1. The van der Waals surface area contributed by atoms with Crippen molar-refractivity contribution in [2.75, 3.05) is 0 Å². The second-order valence-electron chi connectivity index (χ2n) is 3.53. The van der Waals surface area contributed by atoms with Gasteiger partial charge in [0.15, 0.2) is 0 Å². The van der Waals surface area contributed by atoms with E-state index in [9.17, 15) is 4.39 Å². The summed E-state index contributed by atoms with van der Waals surface area (Å²) < 4.78 is 14.8. The monoisotopic (exact) mass is 205 g/mol. The molecule has 0 saturated heterocycles. The third kappa shape index (κ3) is 1.63. The zero-order valence-corrected chi connectivity index (χ0v) is 8.95. The molecule has 0 N–H and O–H groups in total. The highest BCUT2D eigenvalue weighted by Gasteiger charge is 2.12. The van der Waals surface area contributed by atoms with Crippen LogP contribution in [0.15, 0.2) is 18.3 Å². The van der Waals surface area contributed by atoms with E-state index in [0.717, 1.165) is 17.0 Å². The van der Waals surface area contributed by atoms with E-state index in [1.165, 1.54) is 18.3 Å². The predicted molar refractivity (Wildman–Crippen MR) is 55.9 cm³/mol. The van der Waals surface area contributed by atoms with Crippen LogP contribution >= 0.6 is 0 Å². The number of hydrogen-bond donors (Lipinski definition) is 0. The Labute approximate surface area is 87.6 Å². The molecule has 0 amide bonds. The largest absolute Gasteiger partial charge is 0.272 e. The molecule has 0 saturated carbocycles. The second kappa shape index (κ2) is 3.46. The van der Waals surface area contributed by atoms with Crippen LogP contribution in [0.3, 0.4) is 0 Å². The molecule has 0 spiro atoms. The Balaban J connectivity index is 2.63. The van der Waals surface area contributed by atoms with Crippen LogP contribution in [0.4, 0.5) is 4.39 Å². The minimum Gasteiger partial charge on any atom is -0.272 e. The summed E-state index contributed by atoms with van der Waals surface area (Å²) in [4.78, 5) is 4.15. The minimum atomic E-state index is -0.275. The molecular formula is C11H12FN3. The zero-order chi connectivity index (χ0) is 11.0. The Morgan fingerprint density at radius 2 is 2.07 bits per heavy atom. The van der Waals surface area contributed by atoms with Crippen LogP contribution < -0.4 is 0 Å². The summed E-state index contributed by atoms with van der Waals surface area (Å²) in [5, 5.41) is 4.27. The number of rotatable bonds is 1. The summed E-state index contributed by atoms with van der Waals surface area (Å²) in [6.07, 6.45) is 1.47.